The van der Waals surface area contributed by atoms with Crippen molar-refractivity contribution in [2.45, 2.75) is 11.3 Å². The molecule has 0 atom stereocenters. The Hall–Kier alpha value is -1.12. The predicted molar refractivity (Wildman–Crippen MR) is 69.8 cm³/mol. The first-order valence-electron chi connectivity index (χ1n) is 5.14. The molecule has 0 aliphatic rings. The maximum absolute atomic E-state index is 11.9. The van der Waals surface area contributed by atoms with E-state index in [4.69, 9.17) is 5.11 Å². The van der Waals surface area contributed by atoms with E-state index in [9.17, 15) is 18.5 Å². The molecule has 0 radical (unpaired) electrons. The monoisotopic (exact) mass is 291 g/mol. The van der Waals surface area contributed by atoms with E-state index in [1.807, 2.05) is 0 Å². The van der Waals surface area contributed by atoms with Crippen LogP contribution in [-0.2, 0) is 16.3 Å². The number of hydrogen-bond donors (Lipinski definition) is 2. The fourth-order valence-corrected chi connectivity index (χ4v) is 3.07. The van der Waals surface area contributed by atoms with Crippen LogP contribution in [-0.4, -0.2) is 36.6 Å². The van der Waals surface area contributed by atoms with Crippen molar-refractivity contribution in [1.29, 1.82) is 0 Å². The number of non-ortho nitro benzene ring substituents is 1. The van der Waals surface area contributed by atoms with E-state index in [1.54, 1.807) is 0 Å². The predicted octanol–water partition coefficient (Wildman–Crippen LogP) is 0.833. The molecule has 1 aromatic rings. The first kappa shape index (κ1) is 14.9. The van der Waals surface area contributed by atoms with E-state index < -0.39 is 27.1 Å². The van der Waals surface area contributed by atoms with Crippen molar-refractivity contribution in [1.82, 2.24) is 0 Å². The molecule has 8 heteroatoms. The average Bonchev–Trinajstić information content (AvgIpc) is 2.29. The average molecular weight is 291 g/mol. The Morgan fingerprint density at radius 1 is 1.39 bits per heavy atom. The van der Waals surface area contributed by atoms with Crippen molar-refractivity contribution >= 4 is 28.2 Å². The molecule has 0 heterocycles. The molecule has 6 nitrogen and oxygen atoms in total. The first-order valence-corrected chi connectivity index (χ1v) is 7.42. The maximum atomic E-state index is 11.9. The zero-order valence-electron chi connectivity index (χ0n) is 9.44. The fraction of sp³-hybridized carbons (Fsp3) is 0.400. The summed E-state index contributed by atoms with van der Waals surface area (Å²) in [5, 5.41) is 19.4. The van der Waals surface area contributed by atoms with Crippen LogP contribution in [0.15, 0.2) is 23.1 Å². The number of nitrogens with zero attached hydrogens (tertiary/aromatic N) is 1. The van der Waals surface area contributed by atoms with Gasteiger partial charge in [-0.2, -0.15) is 12.6 Å². The number of benzene rings is 1. The lowest BCUT2D eigenvalue weighted by Gasteiger charge is -2.08. The molecule has 0 bridgehead atoms. The van der Waals surface area contributed by atoms with Gasteiger partial charge in [0.15, 0.2) is 9.84 Å². The van der Waals surface area contributed by atoms with Crippen LogP contribution in [0, 0.1) is 10.1 Å². The van der Waals surface area contributed by atoms with Crippen molar-refractivity contribution in [3.63, 3.8) is 0 Å². The summed E-state index contributed by atoms with van der Waals surface area (Å²) in [5.41, 5.74) is 0.193. The molecule has 0 aliphatic carbocycles. The second-order valence-electron chi connectivity index (χ2n) is 3.57. The Bertz CT molecular complexity index is 541. The standard InChI is InChI=1S/C10H13NO5S2/c12-4-6-18(15,16)10-7-9(11(13)14)2-1-8(10)3-5-17/h1-2,7,12,17H,3-6H2. The lowest BCUT2D eigenvalue weighted by atomic mass is 10.1. The van der Waals surface area contributed by atoms with Crippen molar-refractivity contribution in [2.24, 2.45) is 0 Å². The Labute approximate surface area is 110 Å². The molecule has 0 spiro atoms. The van der Waals surface area contributed by atoms with Gasteiger partial charge in [-0.25, -0.2) is 8.42 Å². The van der Waals surface area contributed by atoms with Crippen LogP contribution in [0.5, 0.6) is 0 Å². The number of aryl methyl sites for hydroxylation is 1. The first-order chi connectivity index (χ1) is 8.42. The Morgan fingerprint density at radius 3 is 2.56 bits per heavy atom. The number of nitro groups is 1. The Kier molecular flexibility index (Phi) is 5.12. The third-order valence-electron chi connectivity index (χ3n) is 2.34. The summed E-state index contributed by atoms with van der Waals surface area (Å²) in [4.78, 5) is 9.91. The molecule has 0 amide bonds. The summed E-state index contributed by atoms with van der Waals surface area (Å²) >= 11 is 4.02. The second-order valence-corrected chi connectivity index (χ2v) is 6.09. The van der Waals surface area contributed by atoms with Gasteiger partial charge in [0.1, 0.15) is 0 Å². The van der Waals surface area contributed by atoms with Crippen LogP contribution in [0.1, 0.15) is 5.56 Å². The van der Waals surface area contributed by atoms with Gasteiger partial charge in [-0.1, -0.05) is 6.07 Å². The molecular weight excluding hydrogens is 278 g/mol. The van der Waals surface area contributed by atoms with Crippen LogP contribution >= 0.6 is 12.6 Å². The number of hydrogen-bond acceptors (Lipinski definition) is 6. The Morgan fingerprint density at radius 2 is 2.06 bits per heavy atom. The smallest absolute Gasteiger partial charge is 0.270 e. The molecule has 1 rings (SSSR count). The van der Waals surface area contributed by atoms with Gasteiger partial charge in [-0.05, 0) is 17.7 Å². The summed E-state index contributed by atoms with van der Waals surface area (Å²) < 4.78 is 23.8. The highest BCUT2D eigenvalue weighted by Gasteiger charge is 2.21. The van der Waals surface area contributed by atoms with Crippen LogP contribution in [0.25, 0.3) is 0 Å². The zero-order valence-corrected chi connectivity index (χ0v) is 11.2. The molecule has 0 aromatic heterocycles. The highest BCUT2D eigenvalue weighted by atomic mass is 32.2. The number of nitro benzene ring substituents is 1. The molecule has 18 heavy (non-hydrogen) atoms. The van der Waals surface area contributed by atoms with Crippen molar-refractivity contribution < 1.29 is 18.4 Å². The number of thiol groups is 1. The molecule has 0 fully saturated rings. The summed E-state index contributed by atoms with van der Waals surface area (Å²) in [7, 11) is -3.71. The third-order valence-corrected chi connectivity index (χ3v) is 4.33. The minimum Gasteiger partial charge on any atom is -0.395 e. The number of rotatable bonds is 6. The molecule has 0 aliphatic heterocycles. The van der Waals surface area contributed by atoms with Gasteiger partial charge >= 0.3 is 0 Å². The summed E-state index contributed by atoms with van der Waals surface area (Å²) in [6, 6.07) is 3.71. The minimum atomic E-state index is -3.71. The lowest BCUT2D eigenvalue weighted by Crippen LogP contribution is -2.13. The number of sulfone groups is 1. The second kappa shape index (κ2) is 6.17. The third kappa shape index (κ3) is 3.44. The van der Waals surface area contributed by atoms with E-state index in [0.717, 1.165) is 6.07 Å². The van der Waals surface area contributed by atoms with Gasteiger partial charge in [-0.15, -0.1) is 0 Å². The quantitative estimate of drug-likeness (QED) is 0.460. The molecular formula is C10H13NO5S2. The van der Waals surface area contributed by atoms with Gasteiger partial charge in [-0.3, -0.25) is 10.1 Å². The summed E-state index contributed by atoms with van der Waals surface area (Å²) in [5.74, 6) is -0.0206. The van der Waals surface area contributed by atoms with Crippen LogP contribution in [0.4, 0.5) is 5.69 Å². The Balaban J connectivity index is 3.36. The van der Waals surface area contributed by atoms with E-state index in [-0.39, 0.29) is 10.6 Å². The maximum Gasteiger partial charge on any atom is 0.270 e. The molecule has 0 unspecified atom stereocenters. The largest absolute Gasteiger partial charge is 0.395 e. The topological polar surface area (TPSA) is 97.5 Å². The van der Waals surface area contributed by atoms with Gasteiger partial charge in [0.25, 0.3) is 5.69 Å². The van der Waals surface area contributed by atoms with Crippen LogP contribution < -0.4 is 0 Å². The van der Waals surface area contributed by atoms with Gasteiger partial charge in [0.2, 0.25) is 0 Å². The highest BCUT2D eigenvalue weighted by molar-refractivity contribution is 7.91. The van der Waals surface area contributed by atoms with Crippen molar-refractivity contribution in [2.75, 3.05) is 18.1 Å². The van der Waals surface area contributed by atoms with E-state index >= 15 is 0 Å². The zero-order chi connectivity index (χ0) is 13.8. The molecule has 100 valence electrons. The molecule has 0 saturated heterocycles. The lowest BCUT2D eigenvalue weighted by molar-refractivity contribution is -0.385. The van der Waals surface area contributed by atoms with Gasteiger partial charge < -0.3 is 5.11 Å². The SMILES string of the molecule is O=[N+]([O-])c1ccc(CCS)c(S(=O)(=O)CCO)c1. The van der Waals surface area contributed by atoms with E-state index in [0.29, 0.717) is 17.7 Å². The normalized spacial score (nSPS) is 11.4. The number of aliphatic hydroxyl groups is 1. The van der Waals surface area contributed by atoms with Crippen LogP contribution in [0.3, 0.4) is 0 Å². The summed E-state index contributed by atoms with van der Waals surface area (Å²) in [6.07, 6.45) is 0.390. The minimum absolute atomic E-state index is 0.0974. The van der Waals surface area contributed by atoms with Gasteiger partial charge in [0, 0.05) is 12.1 Å². The fourth-order valence-electron chi connectivity index (χ4n) is 1.50. The van der Waals surface area contributed by atoms with E-state index in [1.165, 1.54) is 12.1 Å². The van der Waals surface area contributed by atoms with E-state index in [2.05, 4.69) is 12.6 Å². The van der Waals surface area contributed by atoms with Crippen molar-refractivity contribution in [3.05, 3.63) is 33.9 Å². The van der Waals surface area contributed by atoms with Crippen molar-refractivity contribution in [3.8, 4) is 0 Å². The molecule has 1 N–H and O–H groups in total. The molecule has 0 saturated carbocycles. The molecule has 1 aromatic carbocycles. The van der Waals surface area contributed by atoms with Gasteiger partial charge in [0.05, 0.1) is 22.2 Å². The highest BCUT2D eigenvalue weighted by Crippen LogP contribution is 2.24. The van der Waals surface area contributed by atoms with Crippen LogP contribution in [0.2, 0.25) is 0 Å². The summed E-state index contributed by atoms with van der Waals surface area (Å²) in [6.45, 7) is -0.522. The number of aliphatic hydroxyl groups excluding tert-OH is 1.